The van der Waals surface area contributed by atoms with Gasteiger partial charge in [0.25, 0.3) is 0 Å². The van der Waals surface area contributed by atoms with Gasteiger partial charge in [0, 0.05) is 39.5 Å². The number of carbonyl (C=O) groups excluding carboxylic acids is 1. The molecule has 0 aliphatic carbocycles. The smallest absolute Gasteiger partial charge is 0.219 e. The van der Waals surface area contributed by atoms with Crippen molar-refractivity contribution in [2.45, 2.75) is 6.92 Å². The third-order valence-electron chi connectivity index (χ3n) is 2.18. The highest BCUT2D eigenvalue weighted by atomic mass is 32.1. The lowest BCUT2D eigenvalue weighted by Gasteiger charge is -2.38. The Labute approximate surface area is 83.7 Å². The Morgan fingerprint density at radius 3 is 2.69 bits per heavy atom. The summed E-state index contributed by atoms with van der Waals surface area (Å²) in [5, 5.41) is 6.59. The van der Waals surface area contributed by atoms with Crippen molar-refractivity contribution in [3.63, 3.8) is 0 Å². The summed E-state index contributed by atoms with van der Waals surface area (Å²) in [6, 6.07) is 0. The molecule has 2 N–H and O–H groups in total. The van der Waals surface area contributed by atoms with E-state index in [1.165, 1.54) is 0 Å². The Bertz CT molecular complexity index is 213. The third kappa shape index (κ3) is 2.84. The van der Waals surface area contributed by atoms with Crippen molar-refractivity contribution in [3.05, 3.63) is 0 Å². The van der Waals surface area contributed by atoms with Crippen LogP contribution in [0.15, 0.2) is 0 Å². The second kappa shape index (κ2) is 4.41. The van der Waals surface area contributed by atoms with Crippen LogP contribution in [0.25, 0.3) is 0 Å². The molecule has 1 heterocycles. The Balaban J connectivity index is 2.08. The molecule has 0 aromatic heterocycles. The zero-order valence-electron chi connectivity index (χ0n) is 7.96. The number of amides is 1. The van der Waals surface area contributed by atoms with Gasteiger partial charge >= 0.3 is 0 Å². The fourth-order valence-corrected chi connectivity index (χ4v) is 1.36. The number of thiocarbonyl (C=S) groups is 1. The first kappa shape index (κ1) is 10.2. The summed E-state index contributed by atoms with van der Waals surface area (Å²) in [5.74, 6) is 0.711. The van der Waals surface area contributed by atoms with E-state index in [2.05, 4.69) is 10.6 Å². The van der Waals surface area contributed by atoms with Crippen LogP contribution in [0.5, 0.6) is 0 Å². The van der Waals surface area contributed by atoms with Crippen molar-refractivity contribution >= 4 is 23.2 Å². The molecule has 0 aromatic carbocycles. The van der Waals surface area contributed by atoms with Crippen molar-refractivity contribution in [3.8, 4) is 0 Å². The minimum absolute atomic E-state index is 0.160. The van der Waals surface area contributed by atoms with Crippen LogP contribution in [0, 0.1) is 5.92 Å². The summed E-state index contributed by atoms with van der Waals surface area (Å²) in [5.41, 5.74) is 0. The second-order valence-corrected chi connectivity index (χ2v) is 3.66. The Morgan fingerprint density at radius 1 is 1.62 bits per heavy atom. The first-order chi connectivity index (χ1) is 6.13. The first-order valence-corrected chi connectivity index (χ1v) is 4.75. The normalized spacial score (nSPS) is 16.3. The fourth-order valence-electron chi connectivity index (χ4n) is 1.28. The van der Waals surface area contributed by atoms with E-state index >= 15 is 0 Å². The van der Waals surface area contributed by atoms with Crippen LogP contribution < -0.4 is 10.6 Å². The van der Waals surface area contributed by atoms with E-state index < -0.39 is 0 Å². The monoisotopic (exact) mass is 201 g/mol. The zero-order chi connectivity index (χ0) is 9.84. The van der Waals surface area contributed by atoms with Crippen LogP contribution in [-0.4, -0.2) is 42.6 Å². The van der Waals surface area contributed by atoms with Gasteiger partial charge in [-0.1, -0.05) is 0 Å². The standard InChI is InChI=1S/C8H15N3OS/c1-6(12)11-4-7(5-11)3-10-8(13)9-2/h7H,3-5H2,1-2H3,(H2,9,10,13). The van der Waals surface area contributed by atoms with Crippen LogP contribution in [0.1, 0.15) is 6.92 Å². The highest BCUT2D eigenvalue weighted by Crippen LogP contribution is 2.13. The SMILES string of the molecule is CNC(=S)NCC1CN(C(C)=O)C1. The molecule has 1 aliphatic rings. The molecule has 74 valence electrons. The van der Waals surface area contributed by atoms with Crippen molar-refractivity contribution in [2.75, 3.05) is 26.7 Å². The molecule has 0 atom stereocenters. The van der Waals surface area contributed by atoms with Crippen LogP contribution in [0.4, 0.5) is 0 Å². The highest BCUT2D eigenvalue weighted by Gasteiger charge is 2.27. The summed E-state index contributed by atoms with van der Waals surface area (Å²) >= 11 is 4.92. The molecule has 0 aromatic rings. The van der Waals surface area contributed by atoms with Gasteiger partial charge in [-0.2, -0.15) is 0 Å². The van der Waals surface area contributed by atoms with Crippen LogP contribution in [-0.2, 0) is 4.79 Å². The molecule has 1 amide bonds. The third-order valence-corrected chi connectivity index (χ3v) is 2.53. The van der Waals surface area contributed by atoms with Crippen molar-refractivity contribution < 1.29 is 4.79 Å². The maximum Gasteiger partial charge on any atom is 0.219 e. The average molecular weight is 201 g/mol. The number of nitrogens with one attached hydrogen (secondary N) is 2. The maximum atomic E-state index is 10.8. The second-order valence-electron chi connectivity index (χ2n) is 3.25. The summed E-state index contributed by atoms with van der Waals surface area (Å²) in [6.45, 7) is 4.16. The lowest BCUT2D eigenvalue weighted by molar-refractivity contribution is -0.134. The van der Waals surface area contributed by atoms with Crippen molar-refractivity contribution in [1.82, 2.24) is 15.5 Å². The Kier molecular flexibility index (Phi) is 3.48. The minimum Gasteiger partial charge on any atom is -0.366 e. The van der Waals surface area contributed by atoms with Gasteiger partial charge < -0.3 is 15.5 Å². The van der Waals surface area contributed by atoms with Gasteiger partial charge in [0.2, 0.25) is 5.91 Å². The van der Waals surface area contributed by atoms with E-state index in [-0.39, 0.29) is 5.91 Å². The van der Waals surface area contributed by atoms with E-state index in [4.69, 9.17) is 12.2 Å². The molecule has 1 saturated heterocycles. The number of likely N-dealkylation sites (tertiary alicyclic amines) is 1. The zero-order valence-corrected chi connectivity index (χ0v) is 8.78. The number of hydrogen-bond donors (Lipinski definition) is 2. The topological polar surface area (TPSA) is 44.4 Å². The predicted molar refractivity (Wildman–Crippen MR) is 55.4 cm³/mol. The molecule has 0 radical (unpaired) electrons. The molecule has 5 heteroatoms. The summed E-state index contributed by atoms with van der Waals surface area (Å²) in [4.78, 5) is 12.7. The molecule has 0 spiro atoms. The number of carbonyl (C=O) groups is 1. The number of nitrogens with zero attached hydrogens (tertiary/aromatic N) is 1. The molecular weight excluding hydrogens is 186 g/mol. The van der Waals surface area contributed by atoms with E-state index in [0.29, 0.717) is 11.0 Å². The summed E-state index contributed by atoms with van der Waals surface area (Å²) in [7, 11) is 1.79. The summed E-state index contributed by atoms with van der Waals surface area (Å²) < 4.78 is 0. The lowest BCUT2D eigenvalue weighted by atomic mass is 10.0. The van der Waals surface area contributed by atoms with E-state index in [1.807, 2.05) is 4.90 Å². The fraction of sp³-hybridized carbons (Fsp3) is 0.750. The molecule has 1 aliphatic heterocycles. The van der Waals surface area contributed by atoms with Crippen molar-refractivity contribution in [1.29, 1.82) is 0 Å². The van der Waals surface area contributed by atoms with Gasteiger partial charge in [0.15, 0.2) is 5.11 Å². The van der Waals surface area contributed by atoms with Gasteiger partial charge in [0.05, 0.1) is 0 Å². The van der Waals surface area contributed by atoms with Gasteiger partial charge in [-0.25, -0.2) is 0 Å². The lowest BCUT2D eigenvalue weighted by Crippen LogP contribution is -2.53. The molecule has 0 saturated carbocycles. The molecule has 1 fully saturated rings. The maximum absolute atomic E-state index is 10.8. The quantitative estimate of drug-likeness (QED) is 0.594. The van der Waals surface area contributed by atoms with Crippen LogP contribution in [0.2, 0.25) is 0 Å². The first-order valence-electron chi connectivity index (χ1n) is 4.34. The van der Waals surface area contributed by atoms with E-state index in [9.17, 15) is 4.79 Å². The Morgan fingerprint density at radius 2 is 2.23 bits per heavy atom. The number of rotatable bonds is 2. The largest absolute Gasteiger partial charge is 0.366 e. The predicted octanol–water partition coefficient (Wildman–Crippen LogP) is -0.441. The van der Waals surface area contributed by atoms with Gasteiger partial charge in [-0.05, 0) is 12.2 Å². The van der Waals surface area contributed by atoms with Gasteiger partial charge in [-0.15, -0.1) is 0 Å². The van der Waals surface area contributed by atoms with Gasteiger partial charge in [0.1, 0.15) is 0 Å². The molecule has 1 rings (SSSR count). The summed E-state index contributed by atoms with van der Waals surface area (Å²) in [6.07, 6.45) is 0. The highest BCUT2D eigenvalue weighted by molar-refractivity contribution is 7.80. The van der Waals surface area contributed by atoms with Gasteiger partial charge in [-0.3, -0.25) is 4.79 Å². The molecule has 13 heavy (non-hydrogen) atoms. The number of hydrogen-bond acceptors (Lipinski definition) is 2. The molecule has 0 unspecified atom stereocenters. The minimum atomic E-state index is 0.160. The molecule has 0 bridgehead atoms. The van der Waals surface area contributed by atoms with E-state index in [0.717, 1.165) is 19.6 Å². The molecule has 4 nitrogen and oxygen atoms in total. The van der Waals surface area contributed by atoms with Crippen LogP contribution in [0.3, 0.4) is 0 Å². The van der Waals surface area contributed by atoms with Crippen molar-refractivity contribution in [2.24, 2.45) is 5.92 Å². The average Bonchev–Trinajstić information content (AvgIpc) is 2.00. The Hall–Kier alpha value is -0.840. The van der Waals surface area contributed by atoms with Crippen LogP contribution >= 0.6 is 12.2 Å². The van der Waals surface area contributed by atoms with E-state index in [1.54, 1.807) is 14.0 Å². The molecular formula is C8H15N3OS.